The Labute approximate surface area is 101 Å². The number of rotatable bonds is 3. The molecule has 0 amide bonds. The van der Waals surface area contributed by atoms with Crippen LogP contribution in [0.3, 0.4) is 0 Å². The lowest BCUT2D eigenvalue weighted by atomic mass is 10.2. The Kier molecular flexibility index (Phi) is 2.64. The second-order valence-corrected chi connectivity index (χ2v) is 7.71. The molecule has 84 valence electrons. The summed E-state index contributed by atoms with van der Waals surface area (Å²) in [5.41, 5.74) is 0.749. The standard InChI is InChI=1S/C8H10BrClN2O2S/c1-12-5-6(9)7(11-12)4-8(2-3-8)15(10,13)14/h5H,2-4H2,1H3. The van der Waals surface area contributed by atoms with E-state index in [1.165, 1.54) is 0 Å². The molecule has 1 saturated carbocycles. The van der Waals surface area contributed by atoms with Gasteiger partial charge in [0.2, 0.25) is 9.05 Å². The highest BCUT2D eigenvalue weighted by atomic mass is 79.9. The molecule has 1 fully saturated rings. The molecule has 0 atom stereocenters. The zero-order chi connectivity index (χ0) is 11.3. The molecule has 0 saturated heterocycles. The molecule has 2 rings (SSSR count). The number of halogens is 2. The van der Waals surface area contributed by atoms with Crippen LogP contribution in [0.4, 0.5) is 0 Å². The molecule has 1 aromatic rings. The highest BCUT2D eigenvalue weighted by molar-refractivity contribution is 9.10. The van der Waals surface area contributed by atoms with Crippen LogP contribution in [0.5, 0.6) is 0 Å². The maximum Gasteiger partial charge on any atom is 0.238 e. The summed E-state index contributed by atoms with van der Waals surface area (Å²) in [6, 6.07) is 0. The zero-order valence-corrected chi connectivity index (χ0v) is 11.2. The fourth-order valence-electron chi connectivity index (χ4n) is 1.58. The molecule has 4 nitrogen and oxygen atoms in total. The molecule has 0 radical (unpaired) electrons. The number of aromatic nitrogens is 2. The van der Waals surface area contributed by atoms with Gasteiger partial charge in [0.25, 0.3) is 0 Å². The maximum atomic E-state index is 11.4. The van der Waals surface area contributed by atoms with Gasteiger partial charge in [0.15, 0.2) is 0 Å². The Morgan fingerprint density at radius 2 is 2.27 bits per heavy atom. The molecule has 1 aliphatic rings. The van der Waals surface area contributed by atoms with Gasteiger partial charge in [-0.3, -0.25) is 4.68 Å². The summed E-state index contributed by atoms with van der Waals surface area (Å²) >= 11 is 3.34. The number of nitrogens with zero attached hydrogens (tertiary/aromatic N) is 2. The largest absolute Gasteiger partial charge is 0.274 e. The third-order valence-corrected chi connectivity index (χ3v) is 5.90. The van der Waals surface area contributed by atoms with Gasteiger partial charge in [-0.15, -0.1) is 0 Å². The molecule has 7 heteroatoms. The summed E-state index contributed by atoms with van der Waals surface area (Å²) in [6.07, 6.45) is 3.44. The molecule has 0 aliphatic heterocycles. The maximum absolute atomic E-state index is 11.4. The van der Waals surface area contributed by atoms with Crippen molar-refractivity contribution in [2.45, 2.75) is 24.0 Å². The highest BCUT2D eigenvalue weighted by Crippen LogP contribution is 2.48. The fraction of sp³-hybridized carbons (Fsp3) is 0.625. The van der Waals surface area contributed by atoms with Crippen molar-refractivity contribution >= 4 is 35.7 Å². The van der Waals surface area contributed by atoms with Gasteiger partial charge in [-0.1, -0.05) is 0 Å². The van der Waals surface area contributed by atoms with Crippen molar-refractivity contribution < 1.29 is 8.42 Å². The molecule has 0 unspecified atom stereocenters. The SMILES string of the molecule is Cn1cc(Br)c(CC2(S(=O)(=O)Cl)CC2)n1. The molecular weight excluding hydrogens is 304 g/mol. The lowest BCUT2D eigenvalue weighted by Crippen LogP contribution is -2.21. The van der Waals surface area contributed by atoms with Gasteiger partial charge in [-0.25, -0.2) is 8.42 Å². The van der Waals surface area contributed by atoms with Gasteiger partial charge in [0, 0.05) is 30.3 Å². The topological polar surface area (TPSA) is 52.0 Å². The van der Waals surface area contributed by atoms with Crippen molar-refractivity contribution in [1.82, 2.24) is 9.78 Å². The van der Waals surface area contributed by atoms with Crippen LogP contribution < -0.4 is 0 Å². The second-order valence-electron chi connectivity index (χ2n) is 3.90. The first-order valence-electron chi connectivity index (χ1n) is 4.46. The van der Waals surface area contributed by atoms with Crippen molar-refractivity contribution in [2.75, 3.05) is 0 Å². The Morgan fingerprint density at radius 3 is 2.60 bits per heavy atom. The van der Waals surface area contributed by atoms with E-state index in [0.717, 1.165) is 10.2 Å². The van der Waals surface area contributed by atoms with Crippen LogP contribution >= 0.6 is 26.6 Å². The predicted molar refractivity (Wildman–Crippen MR) is 61.3 cm³/mol. The average Bonchev–Trinajstić information content (AvgIpc) is 2.76. The Morgan fingerprint density at radius 1 is 1.67 bits per heavy atom. The summed E-state index contributed by atoms with van der Waals surface area (Å²) < 4.78 is 24.4. The van der Waals surface area contributed by atoms with Gasteiger partial charge >= 0.3 is 0 Å². The molecule has 1 aromatic heterocycles. The molecule has 15 heavy (non-hydrogen) atoms. The monoisotopic (exact) mass is 312 g/mol. The van der Waals surface area contributed by atoms with E-state index >= 15 is 0 Å². The van der Waals surface area contributed by atoms with E-state index in [1.54, 1.807) is 17.9 Å². The minimum absolute atomic E-state index is 0.389. The molecule has 0 spiro atoms. The summed E-state index contributed by atoms with van der Waals surface area (Å²) in [7, 11) is 3.72. The number of aryl methyl sites for hydroxylation is 1. The number of hydrogen-bond donors (Lipinski definition) is 0. The summed E-state index contributed by atoms with van der Waals surface area (Å²) in [4.78, 5) is 0. The lowest BCUT2D eigenvalue weighted by molar-refractivity contribution is 0.587. The highest BCUT2D eigenvalue weighted by Gasteiger charge is 2.54. The zero-order valence-electron chi connectivity index (χ0n) is 8.07. The third kappa shape index (κ3) is 2.07. The van der Waals surface area contributed by atoms with Crippen LogP contribution in [0.25, 0.3) is 0 Å². The predicted octanol–water partition coefficient (Wildman–Crippen LogP) is 1.83. The third-order valence-electron chi connectivity index (χ3n) is 2.67. The fourth-order valence-corrected chi connectivity index (χ4v) is 3.62. The van der Waals surface area contributed by atoms with E-state index in [0.29, 0.717) is 19.3 Å². The first-order valence-corrected chi connectivity index (χ1v) is 7.56. The Balaban J connectivity index is 2.27. The van der Waals surface area contributed by atoms with Crippen LogP contribution in [0.15, 0.2) is 10.7 Å². The van der Waals surface area contributed by atoms with Gasteiger partial charge in [-0.2, -0.15) is 5.10 Å². The van der Waals surface area contributed by atoms with Crippen LogP contribution in [-0.2, 0) is 22.5 Å². The van der Waals surface area contributed by atoms with Crippen LogP contribution in [0, 0.1) is 0 Å². The van der Waals surface area contributed by atoms with Crippen LogP contribution in [0.2, 0.25) is 0 Å². The number of hydrogen-bond acceptors (Lipinski definition) is 3. The van der Waals surface area contributed by atoms with E-state index in [4.69, 9.17) is 10.7 Å². The van der Waals surface area contributed by atoms with Crippen molar-refractivity contribution in [3.05, 3.63) is 16.4 Å². The minimum atomic E-state index is -3.49. The van der Waals surface area contributed by atoms with Crippen LogP contribution in [-0.4, -0.2) is 22.9 Å². The minimum Gasteiger partial charge on any atom is -0.274 e. The smallest absolute Gasteiger partial charge is 0.238 e. The van der Waals surface area contributed by atoms with Crippen molar-refractivity contribution in [3.8, 4) is 0 Å². The lowest BCUT2D eigenvalue weighted by Gasteiger charge is -2.08. The quantitative estimate of drug-likeness (QED) is 0.800. The molecular formula is C8H10BrClN2O2S. The normalized spacial score (nSPS) is 19.1. The van der Waals surface area contributed by atoms with E-state index in [-0.39, 0.29) is 0 Å². The second kappa shape index (κ2) is 3.46. The summed E-state index contributed by atoms with van der Waals surface area (Å²) in [5, 5.41) is 4.20. The van der Waals surface area contributed by atoms with Gasteiger partial charge in [-0.05, 0) is 28.8 Å². The van der Waals surface area contributed by atoms with Crippen LogP contribution in [0.1, 0.15) is 18.5 Å². The molecule has 0 N–H and O–H groups in total. The van der Waals surface area contributed by atoms with Crippen molar-refractivity contribution in [3.63, 3.8) is 0 Å². The summed E-state index contributed by atoms with van der Waals surface area (Å²) in [5.74, 6) is 0. The van der Waals surface area contributed by atoms with E-state index in [9.17, 15) is 8.42 Å². The van der Waals surface area contributed by atoms with Gasteiger partial charge in [0.1, 0.15) is 0 Å². The van der Waals surface area contributed by atoms with Crippen molar-refractivity contribution in [2.24, 2.45) is 7.05 Å². The van der Waals surface area contributed by atoms with E-state index < -0.39 is 13.8 Å². The molecule has 0 aromatic carbocycles. The first-order chi connectivity index (χ1) is 6.84. The van der Waals surface area contributed by atoms with Gasteiger partial charge < -0.3 is 0 Å². The first kappa shape index (κ1) is 11.4. The Bertz CT molecular complexity index is 493. The van der Waals surface area contributed by atoms with Gasteiger partial charge in [0.05, 0.1) is 14.9 Å². The summed E-state index contributed by atoms with van der Waals surface area (Å²) in [6.45, 7) is 0. The molecule has 1 heterocycles. The molecule has 1 aliphatic carbocycles. The van der Waals surface area contributed by atoms with E-state index in [1.807, 2.05) is 0 Å². The van der Waals surface area contributed by atoms with E-state index in [2.05, 4.69) is 21.0 Å². The molecule has 0 bridgehead atoms. The Hall–Kier alpha value is -0.0700. The van der Waals surface area contributed by atoms with Crippen molar-refractivity contribution in [1.29, 1.82) is 0 Å². The average molecular weight is 314 g/mol.